The van der Waals surface area contributed by atoms with Gasteiger partial charge in [0.2, 0.25) is 0 Å². The van der Waals surface area contributed by atoms with E-state index >= 15 is 0 Å². The Hall–Kier alpha value is -0.970. The smallest absolute Gasteiger partial charge is 0.346 e. The molecule has 0 saturated carbocycles. The first-order valence-electron chi connectivity index (χ1n) is 4.37. The summed E-state index contributed by atoms with van der Waals surface area (Å²) in [4.78, 5) is 10.8. The first-order chi connectivity index (χ1) is 6.68. The van der Waals surface area contributed by atoms with E-state index in [0.29, 0.717) is 0 Å². The van der Waals surface area contributed by atoms with Crippen molar-refractivity contribution in [1.82, 2.24) is 0 Å². The lowest BCUT2D eigenvalue weighted by molar-refractivity contribution is -0.0468. The number of carbonyl (C=O) groups is 1. The van der Waals surface area contributed by atoms with Crippen molar-refractivity contribution < 1.29 is 18.7 Å². The fraction of sp³-hybridized carbons (Fsp3) is 0.500. The van der Waals surface area contributed by atoms with Crippen LogP contribution in [0.4, 0.5) is 8.78 Å². The molecule has 0 unspecified atom stereocenters. The number of carboxylic acids is 1. The third kappa shape index (κ3) is 2.02. The summed E-state index contributed by atoms with van der Waals surface area (Å²) in [6.07, 6.45) is 0. The van der Waals surface area contributed by atoms with Crippen LogP contribution in [0.25, 0.3) is 0 Å². The Morgan fingerprint density at radius 1 is 1.40 bits per heavy atom. The van der Waals surface area contributed by atoms with Crippen molar-refractivity contribution >= 4 is 17.3 Å². The quantitative estimate of drug-likeness (QED) is 0.870. The average molecular weight is 234 g/mol. The molecule has 0 aliphatic heterocycles. The van der Waals surface area contributed by atoms with Crippen molar-refractivity contribution in [2.75, 3.05) is 0 Å². The third-order valence-electron chi connectivity index (χ3n) is 2.63. The molecule has 1 aromatic rings. The van der Waals surface area contributed by atoms with E-state index in [1.165, 1.54) is 25.3 Å². The van der Waals surface area contributed by atoms with Gasteiger partial charge in [-0.3, -0.25) is 0 Å². The molecule has 1 heterocycles. The number of rotatable bonds is 3. The molecule has 84 valence electrons. The van der Waals surface area contributed by atoms with Gasteiger partial charge in [0.25, 0.3) is 5.92 Å². The van der Waals surface area contributed by atoms with Crippen LogP contribution in [-0.4, -0.2) is 17.0 Å². The zero-order chi connectivity index (χ0) is 11.9. The van der Waals surface area contributed by atoms with Gasteiger partial charge in [0.05, 0.1) is 5.41 Å². The Labute approximate surface area is 90.5 Å². The molecule has 0 radical (unpaired) electrons. The van der Waals surface area contributed by atoms with E-state index in [1.54, 1.807) is 0 Å². The van der Waals surface area contributed by atoms with Crippen LogP contribution in [0, 0.1) is 0 Å². The molecule has 0 aliphatic rings. The highest BCUT2D eigenvalue weighted by atomic mass is 32.1. The van der Waals surface area contributed by atoms with Crippen molar-refractivity contribution in [2.24, 2.45) is 0 Å². The molecule has 0 spiro atoms. The molecule has 5 heteroatoms. The third-order valence-corrected chi connectivity index (χ3v) is 3.53. The Morgan fingerprint density at radius 3 is 2.33 bits per heavy atom. The number of hydrogen-bond donors (Lipinski definition) is 1. The van der Waals surface area contributed by atoms with Gasteiger partial charge in [-0.1, -0.05) is 0 Å². The molecule has 0 aliphatic carbocycles. The molecule has 0 amide bonds. The van der Waals surface area contributed by atoms with Gasteiger partial charge in [-0.2, -0.15) is 0 Å². The van der Waals surface area contributed by atoms with Gasteiger partial charge in [-0.25, -0.2) is 13.6 Å². The lowest BCUT2D eigenvalue weighted by Crippen LogP contribution is -2.38. The predicted molar refractivity (Wildman–Crippen MR) is 54.9 cm³/mol. The number of hydrogen-bond acceptors (Lipinski definition) is 2. The molecule has 1 N–H and O–H groups in total. The zero-order valence-corrected chi connectivity index (χ0v) is 9.49. The maximum atomic E-state index is 13.3. The highest BCUT2D eigenvalue weighted by Gasteiger charge is 2.45. The number of thiophene rings is 1. The van der Waals surface area contributed by atoms with Gasteiger partial charge in [-0.05, 0) is 30.9 Å². The fourth-order valence-electron chi connectivity index (χ4n) is 1.20. The summed E-state index contributed by atoms with van der Waals surface area (Å²) in [5.74, 6) is -4.12. The average Bonchev–Trinajstić information content (AvgIpc) is 2.48. The summed E-state index contributed by atoms with van der Waals surface area (Å²) in [7, 11) is 0. The van der Waals surface area contributed by atoms with E-state index in [4.69, 9.17) is 5.11 Å². The molecular formula is C10H12F2O2S. The SMILES string of the molecule is CC(F)(F)C(C)(C)c1ccsc1C(=O)O. The molecule has 1 aromatic heterocycles. The zero-order valence-electron chi connectivity index (χ0n) is 8.67. The Morgan fingerprint density at radius 2 is 1.93 bits per heavy atom. The molecule has 15 heavy (non-hydrogen) atoms. The Balaban J connectivity index is 3.27. The standard InChI is InChI=1S/C10H12F2O2S/c1-9(2,10(3,11)12)6-4-5-15-7(6)8(13)14/h4-5H,1-3H3,(H,13,14). The summed E-state index contributed by atoms with van der Waals surface area (Å²) in [6.45, 7) is 3.50. The van der Waals surface area contributed by atoms with Gasteiger partial charge >= 0.3 is 5.97 Å². The van der Waals surface area contributed by atoms with Crippen molar-refractivity contribution in [1.29, 1.82) is 0 Å². The van der Waals surface area contributed by atoms with Crippen LogP contribution in [-0.2, 0) is 5.41 Å². The van der Waals surface area contributed by atoms with Gasteiger partial charge in [0.1, 0.15) is 4.88 Å². The molecule has 0 atom stereocenters. The van der Waals surface area contributed by atoms with E-state index in [-0.39, 0.29) is 10.4 Å². The number of alkyl halides is 2. The van der Waals surface area contributed by atoms with Gasteiger partial charge in [0.15, 0.2) is 0 Å². The first-order valence-corrected chi connectivity index (χ1v) is 5.25. The molecule has 1 rings (SSSR count). The maximum absolute atomic E-state index is 13.3. The van der Waals surface area contributed by atoms with Gasteiger partial charge in [-0.15, -0.1) is 11.3 Å². The predicted octanol–water partition coefficient (Wildman–Crippen LogP) is 3.38. The minimum atomic E-state index is -2.96. The van der Waals surface area contributed by atoms with E-state index in [9.17, 15) is 13.6 Å². The van der Waals surface area contributed by atoms with Crippen LogP contribution in [0.1, 0.15) is 36.0 Å². The van der Waals surface area contributed by atoms with Crippen molar-refractivity contribution in [3.8, 4) is 0 Å². The second-order valence-corrected chi connectivity index (χ2v) is 4.90. The molecule has 0 fully saturated rings. The maximum Gasteiger partial charge on any atom is 0.346 e. The molecule has 0 saturated heterocycles. The van der Waals surface area contributed by atoms with Gasteiger partial charge < -0.3 is 5.11 Å². The largest absolute Gasteiger partial charge is 0.477 e. The molecule has 0 aromatic carbocycles. The van der Waals surface area contributed by atoms with E-state index < -0.39 is 17.3 Å². The van der Waals surface area contributed by atoms with Crippen molar-refractivity contribution in [3.05, 3.63) is 21.9 Å². The van der Waals surface area contributed by atoms with E-state index in [0.717, 1.165) is 18.3 Å². The minimum absolute atomic E-state index is 0.0125. The summed E-state index contributed by atoms with van der Waals surface area (Å²) in [5, 5.41) is 10.4. The highest BCUT2D eigenvalue weighted by molar-refractivity contribution is 7.12. The summed E-state index contributed by atoms with van der Waals surface area (Å²) >= 11 is 0.968. The van der Waals surface area contributed by atoms with Crippen molar-refractivity contribution in [2.45, 2.75) is 32.1 Å². The molecular weight excluding hydrogens is 222 g/mol. The first kappa shape index (κ1) is 12.1. The monoisotopic (exact) mass is 234 g/mol. The van der Waals surface area contributed by atoms with Crippen LogP contribution in [0.15, 0.2) is 11.4 Å². The lowest BCUT2D eigenvalue weighted by atomic mass is 9.79. The van der Waals surface area contributed by atoms with Crippen molar-refractivity contribution in [3.63, 3.8) is 0 Å². The van der Waals surface area contributed by atoms with Crippen LogP contribution in [0.2, 0.25) is 0 Å². The summed E-state index contributed by atoms with van der Waals surface area (Å²) in [5.41, 5.74) is -1.28. The summed E-state index contributed by atoms with van der Waals surface area (Å²) in [6, 6.07) is 1.45. The minimum Gasteiger partial charge on any atom is -0.477 e. The molecule has 0 bridgehead atoms. The Bertz CT molecular complexity index is 377. The topological polar surface area (TPSA) is 37.3 Å². The molecule has 2 nitrogen and oxygen atoms in total. The number of aromatic carboxylic acids is 1. The summed E-state index contributed by atoms with van der Waals surface area (Å²) < 4.78 is 26.6. The van der Waals surface area contributed by atoms with E-state index in [1.807, 2.05) is 0 Å². The van der Waals surface area contributed by atoms with Crippen LogP contribution >= 0.6 is 11.3 Å². The van der Waals surface area contributed by atoms with Crippen LogP contribution in [0.5, 0.6) is 0 Å². The number of halogens is 2. The van der Waals surface area contributed by atoms with E-state index in [2.05, 4.69) is 0 Å². The Kier molecular flexibility index (Phi) is 2.87. The van der Waals surface area contributed by atoms with Crippen LogP contribution in [0.3, 0.4) is 0 Å². The normalized spacial score (nSPS) is 12.9. The van der Waals surface area contributed by atoms with Gasteiger partial charge in [0, 0.05) is 6.92 Å². The second-order valence-electron chi connectivity index (χ2n) is 3.98. The van der Waals surface area contributed by atoms with Crippen LogP contribution < -0.4 is 0 Å². The number of carboxylic acid groups (broad SMARTS) is 1. The second kappa shape index (κ2) is 3.56. The highest BCUT2D eigenvalue weighted by Crippen LogP contribution is 2.41. The lowest BCUT2D eigenvalue weighted by Gasteiger charge is -2.31. The fourth-order valence-corrected chi connectivity index (χ4v) is 2.09.